The predicted molar refractivity (Wildman–Crippen MR) is 120 cm³/mol. The van der Waals surface area contributed by atoms with E-state index in [1.807, 2.05) is 6.92 Å². The van der Waals surface area contributed by atoms with Crippen LogP contribution in [0.1, 0.15) is 87.5 Å². The number of carbonyl (C=O) groups excluding carboxylic acids is 7. The molecule has 0 bridgehead atoms. The van der Waals surface area contributed by atoms with E-state index in [4.69, 9.17) is 0 Å². The van der Waals surface area contributed by atoms with Gasteiger partial charge in [0.2, 0.25) is 0 Å². The van der Waals surface area contributed by atoms with E-state index in [1.54, 1.807) is 0 Å². The van der Waals surface area contributed by atoms with E-state index < -0.39 is 62.8 Å². The monoisotopic (exact) mass is 448 g/mol. The molecule has 32 heavy (non-hydrogen) atoms. The standard InChI is InChI=1S/C25H36O7/c1-9-10-11-12-13-22(16(3)27)24(18(5)29,19(6)30)25(20(7)31,21(8)32)23(17(4)28)14-15(2)26/h14,22H,9-13H2,1-8H3. The van der Waals surface area contributed by atoms with Crippen LogP contribution in [0.4, 0.5) is 0 Å². The summed E-state index contributed by atoms with van der Waals surface area (Å²) in [4.78, 5) is 90.7. The first-order valence-corrected chi connectivity index (χ1v) is 10.9. The van der Waals surface area contributed by atoms with Gasteiger partial charge >= 0.3 is 0 Å². The molecule has 0 rings (SSSR count). The van der Waals surface area contributed by atoms with Gasteiger partial charge in [0, 0.05) is 11.5 Å². The number of hydrogen-bond acceptors (Lipinski definition) is 7. The Morgan fingerprint density at radius 3 is 1.44 bits per heavy atom. The minimum atomic E-state index is -2.58. The highest BCUT2D eigenvalue weighted by Crippen LogP contribution is 2.55. The van der Waals surface area contributed by atoms with Gasteiger partial charge in [-0.1, -0.05) is 32.6 Å². The Morgan fingerprint density at radius 2 is 1.16 bits per heavy atom. The minimum Gasteiger partial charge on any atom is -0.300 e. The summed E-state index contributed by atoms with van der Waals surface area (Å²) in [5.74, 6) is -6.86. The molecule has 0 heterocycles. The highest BCUT2D eigenvalue weighted by atomic mass is 16.2. The Balaban J connectivity index is 7.75. The van der Waals surface area contributed by atoms with Crippen LogP contribution in [0.25, 0.3) is 0 Å². The van der Waals surface area contributed by atoms with Crippen LogP contribution in [0.15, 0.2) is 11.6 Å². The largest absolute Gasteiger partial charge is 0.300 e. The van der Waals surface area contributed by atoms with Gasteiger partial charge < -0.3 is 0 Å². The summed E-state index contributed by atoms with van der Waals surface area (Å²) in [6.07, 6.45) is 3.91. The number of rotatable bonds is 15. The summed E-state index contributed by atoms with van der Waals surface area (Å²) in [7, 11) is 0. The van der Waals surface area contributed by atoms with Crippen LogP contribution < -0.4 is 0 Å². The van der Waals surface area contributed by atoms with Crippen molar-refractivity contribution in [3.63, 3.8) is 0 Å². The average molecular weight is 449 g/mol. The van der Waals surface area contributed by atoms with Gasteiger partial charge in [-0.15, -0.1) is 0 Å². The molecule has 0 spiro atoms. The lowest BCUT2D eigenvalue weighted by molar-refractivity contribution is -0.167. The Bertz CT molecular complexity index is 816. The third-order valence-electron chi connectivity index (χ3n) is 6.25. The van der Waals surface area contributed by atoms with Crippen molar-refractivity contribution in [1.29, 1.82) is 0 Å². The van der Waals surface area contributed by atoms with Crippen molar-refractivity contribution in [2.75, 3.05) is 0 Å². The molecule has 0 aromatic heterocycles. The van der Waals surface area contributed by atoms with E-state index in [9.17, 15) is 33.6 Å². The zero-order valence-corrected chi connectivity index (χ0v) is 20.5. The van der Waals surface area contributed by atoms with Crippen molar-refractivity contribution in [3.8, 4) is 0 Å². The summed E-state index contributed by atoms with van der Waals surface area (Å²) in [5, 5.41) is 0. The lowest BCUT2D eigenvalue weighted by Gasteiger charge is -2.49. The lowest BCUT2D eigenvalue weighted by Crippen LogP contribution is -2.65. The fourth-order valence-electron chi connectivity index (χ4n) is 5.10. The maximum Gasteiger partial charge on any atom is 0.157 e. The predicted octanol–water partition coefficient (Wildman–Crippen LogP) is 3.60. The Kier molecular flexibility index (Phi) is 10.9. The quantitative estimate of drug-likeness (QED) is 0.213. The molecular formula is C25H36O7. The number of ketones is 7. The van der Waals surface area contributed by atoms with E-state index in [2.05, 4.69) is 0 Å². The second-order valence-electron chi connectivity index (χ2n) is 8.52. The number of allylic oxidation sites excluding steroid dienone is 2. The van der Waals surface area contributed by atoms with Gasteiger partial charge in [0.25, 0.3) is 0 Å². The Labute approximate surface area is 190 Å². The maximum absolute atomic E-state index is 13.3. The van der Waals surface area contributed by atoms with Crippen LogP contribution in [0.5, 0.6) is 0 Å². The third kappa shape index (κ3) is 5.25. The van der Waals surface area contributed by atoms with Crippen LogP contribution in [0.2, 0.25) is 0 Å². The topological polar surface area (TPSA) is 119 Å². The van der Waals surface area contributed by atoms with Gasteiger partial charge in [0.1, 0.15) is 39.7 Å². The average Bonchev–Trinajstić information content (AvgIpc) is 2.63. The first kappa shape index (κ1) is 29.4. The van der Waals surface area contributed by atoms with Crippen molar-refractivity contribution in [2.45, 2.75) is 87.5 Å². The molecular weight excluding hydrogens is 412 g/mol. The van der Waals surface area contributed by atoms with E-state index in [0.29, 0.717) is 6.42 Å². The Morgan fingerprint density at radius 1 is 0.688 bits per heavy atom. The highest BCUT2D eigenvalue weighted by Gasteiger charge is 2.69. The zero-order chi connectivity index (χ0) is 25.4. The Hall–Kier alpha value is -2.57. The molecule has 0 saturated heterocycles. The highest BCUT2D eigenvalue weighted by molar-refractivity contribution is 6.27. The van der Waals surface area contributed by atoms with Crippen molar-refractivity contribution in [2.24, 2.45) is 16.7 Å². The second-order valence-corrected chi connectivity index (χ2v) is 8.52. The van der Waals surface area contributed by atoms with Gasteiger partial charge in [-0.3, -0.25) is 33.6 Å². The summed E-state index contributed by atoms with van der Waals surface area (Å²) in [6.45, 7) is 9.51. The molecule has 7 heteroatoms. The molecule has 0 aromatic rings. The van der Waals surface area contributed by atoms with Crippen molar-refractivity contribution < 1.29 is 33.6 Å². The van der Waals surface area contributed by atoms with Crippen molar-refractivity contribution >= 4 is 40.5 Å². The van der Waals surface area contributed by atoms with Gasteiger partial charge in [0.15, 0.2) is 11.6 Å². The summed E-state index contributed by atoms with van der Waals surface area (Å²) >= 11 is 0. The fourth-order valence-corrected chi connectivity index (χ4v) is 5.10. The van der Waals surface area contributed by atoms with Crippen LogP contribution in [0, 0.1) is 16.7 Å². The molecule has 0 aromatic carbocycles. The molecule has 0 aliphatic rings. The van der Waals surface area contributed by atoms with E-state index in [0.717, 1.165) is 66.9 Å². The zero-order valence-electron chi connectivity index (χ0n) is 20.5. The molecule has 7 nitrogen and oxygen atoms in total. The van der Waals surface area contributed by atoms with Crippen molar-refractivity contribution in [3.05, 3.63) is 11.6 Å². The van der Waals surface area contributed by atoms with E-state index in [-0.39, 0.29) is 6.42 Å². The maximum atomic E-state index is 13.3. The van der Waals surface area contributed by atoms with E-state index in [1.165, 1.54) is 6.92 Å². The van der Waals surface area contributed by atoms with Gasteiger partial charge in [0.05, 0.1) is 0 Å². The number of unbranched alkanes of at least 4 members (excludes halogenated alkanes) is 3. The fraction of sp³-hybridized carbons (Fsp3) is 0.640. The van der Waals surface area contributed by atoms with Crippen LogP contribution in [-0.2, 0) is 33.6 Å². The van der Waals surface area contributed by atoms with E-state index >= 15 is 0 Å². The number of hydrogen-bond donors (Lipinski definition) is 0. The molecule has 1 atom stereocenters. The molecule has 0 aliphatic heterocycles. The first-order chi connectivity index (χ1) is 14.7. The van der Waals surface area contributed by atoms with Crippen LogP contribution in [-0.4, -0.2) is 40.5 Å². The second kappa shape index (κ2) is 11.9. The molecule has 178 valence electrons. The minimum absolute atomic E-state index is 0.0854. The smallest absolute Gasteiger partial charge is 0.157 e. The lowest BCUT2D eigenvalue weighted by atomic mass is 9.46. The number of Topliss-reactive ketones (excluding diaryl/α,β-unsaturated/α-hetero) is 6. The number of carbonyl (C=O) groups is 7. The molecule has 0 amide bonds. The molecule has 0 radical (unpaired) electrons. The summed E-state index contributed by atoms with van der Waals surface area (Å²) in [6, 6.07) is 0. The molecule has 1 unspecified atom stereocenters. The van der Waals surface area contributed by atoms with Crippen LogP contribution in [0.3, 0.4) is 0 Å². The first-order valence-electron chi connectivity index (χ1n) is 10.9. The SMILES string of the molecule is CCCCCCC(C(C)=O)C(C(C)=O)(C(C)=O)C(C(C)=O)(C(C)=O)C(=CC(C)=O)C(C)=O. The molecule has 0 saturated carbocycles. The third-order valence-corrected chi connectivity index (χ3v) is 6.25. The summed E-state index contributed by atoms with van der Waals surface area (Å²) < 4.78 is 0. The van der Waals surface area contributed by atoms with Gasteiger partial charge in [-0.2, -0.15) is 0 Å². The van der Waals surface area contributed by atoms with Gasteiger partial charge in [-0.05, 0) is 61.0 Å². The van der Waals surface area contributed by atoms with Gasteiger partial charge in [-0.25, -0.2) is 0 Å². The molecule has 0 fully saturated rings. The van der Waals surface area contributed by atoms with Crippen LogP contribution >= 0.6 is 0 Å². The molecule has 0 aliphatic carbocycles. The van der Waals surface area contributed by atoms with Crippen molar-refractivity contribution in [1.82, 2.24) is 0 Å². The summed E-state index contributed by atoms with van der Waals surface area (Å²) in [5.41, 5.74) is -5.55. The molecule has 0 N–H and O–H groups in total. The normalized spacial score (nSPS) is 13.3.